The lowest BCUT2D eigenvalue weighted by molar-refractivity contribution is -0.170. The SMILES string of the molecule is CN(C)CC1CC2(CCC1(O)c1ccc(C(F)(F)F)cc1)NCCc1c2[nH]c2ccccc12.O=C(O)CC(O)(CC(=O)O)C(=O)O.O=C(O)CC(O)(CC(=O)O)C(=O)O. The number of nitrogens with one attached hydrogen (secondary N) is 2. The monoisotopic (exact) mass is 841 g/mol. The lowest BCUT2D eigenvalue weighted by atomic mass is 9.62. The largest absolute Gasteiger partial charge is 0.481 e. The minimum absolute atomic E-state index is 0.150. The Morgan fingerprint density at radius 1 is 0.746 bits per heavy atom. The number of fused-ring (bicyclic) bond motifs is 4. The van der Waals surface area contributed by atoms with Crippen LogP contribution in [0.25, 0.3) is 10.9 Å². The van der Waals surface area contributed by atoms with Crippen molar-refractivity contribution in [2.75, 3.05) is 27.2 Å². The zero-order valence-corrected chi connectivity index (χ0v) is 31.8. The van der Waals surface area contributed by atoms with Crippen LogP contribution in [0.5, 0.6) is 0 Å². The number of aromatic amines is 1. The molecule has 1 aromatic heterocycles. The highest BCUT2D eigenvalue weighted by Crippen LogP contribution is 2.51. The number of alkyl halides is 3. The van der Waals surface area contributed by atoms with E-state index < -0.39 is 90.0 Å². The Kier molecular flexibility index (Phi) is 15.0. The van der Waals surface area contributed by atoms with E-state index in [9.17, 15) is 47.0 Å². The molecule has 21 heteroatoms. The lowest BCUT2D eigenvalue weighted by Crippen LogP contribution is -2.57. The number of H-pyrrole nitrogens is 1. The molecule has 1 fully saturated rings. The van der Waals surface area contributed by atoms with Crippen LogP contribution in [0.1, 0.15) is 67.3 Å². The highest BCUT2D eigenvalue weighted by molar-refractivity contribution is 5.89. The Labute approximate surface area is 333 Å². The van der Waals surface area contributed by atoms with E-state index in [2.05, 4.69) is 28.5 Å². The van der Waals surface area contributed by atoms with Crippen molar-refractivity contribution >= 4 is 46.7 Å². The van der Waals surface area contributed by atoms with Crippen LogP contribution in [0.2, 0.25) is 0 Å². The first-order chi connectivity index (χ1) is 27.2. The summed E-state index contributed by atoms with van der Waals surface area (Å²) >= 11 is 0. The van der Waals surface area contributed by atoms with Crippen molar-refractivity contribution in [2.45, 2.75) is 79.9 Å². The number of aliphatic carboxylic acids is 6. The second-order valence-corrected chi connectivity index (χ2v) is 14.9. The molecule has 1 aliphatic heterocycles. The number of rotatable bonds is 13. The average molecular weight is 842 g/mol. The summed E-state index contributed by atoms with van der Waals surface area (Å²) in [6, 6.07) is 13.4. The maximum atomic E-state index is 13.1. The van der Waals surface area contributed by atoms with E-state index in [1.54, 1.807) is 0 Å². The summed E-state index contributed by atoms with van der Waals surface area (Å²) in [7, 11) is 3.94. The highest BCUT2D eigenvalue weighted by Gasteiger charge is 2.52. The Hall–Kier alpha value is -5.61. The van der Waals surface area contributed by atoms with Crippen LogP contribution in [0.4, 0.5) is 13.2 Å². The first-order valence-corrected chi connectivity index (χ1v) is 17.9. The van der Waals surface area contributed by atoms with Gasteiger partial charge in [-0.25, -0.2) is 9.59 Å². The van der Waals surface area contributed by atoms with Crippen molar-refractivity contribution in [3.63, 3.8) is 0 Å². The molecule has 3 unspecified atom stereocenters. The molecule has 2 heterocycles. The molecular weight excluding hydrogens is 795 g/mol. The molecule has 59 heavy (non-hydrogen) atoms. The highest BCUT2D eigenvalue weighted by atomic mass is 19.4. The third kappa shape index (κ3) is 11.8. The van der Waals surface area contributed by atoms with Crippen LogP contribution < -0.4 is 5.32 Å². The van der Waals surface area contributed by atoms with E-state index >= 15 is 0 Å². The van der Waals surface area contributed by atoms with Crippen LogP contribution >= 0.6 is 0 Å². The van der Waals surface area contributed by atoms with Gasteiger partial charge in [0.25, 0.3) is 0 Å². The van der Waals surface area contributed by atoms with Crippen molar-refractivity contribution in [1.29, 1.82) is 0 Å². The van der Waals surface area contributed by atoms with Gasteiger partial charge in [0, 0.05) is 35.6 Å². The smallest absolute Gasteiger partial charge is 0.416 e. The van der Waals surface area contributed by atoms with Gasteiger partial charge in [-0.05, 0) is 69.1 Å². The molecule has 1 aliphatic carbocycles. The van der Waals surface area contributed by atoms with E-state index in [-0.39, 0.29) is 11.5 Å². The Morgan fingerprint density at radius 3 is 1.64 bits per heavy atom. The predicted molar refractivity (Wildman–Crippen MR) is 197 cm³/mol. The number of carboxylic acid groups (broad SMARTS) is 6. The van der Waals surface area contributed by atoms with E-state index in [1.807, 2.05) is 25.1 Å². The molecular formula is C38H46F3N3O15. The fourth-order valence-electron chi connectivity index (χ4n) is 7.48. The molecule has 0 amide bonds. The molecule has 3 atom stereocenters. The van der Waals surface area contributed by atoms with Crippen molar-refractivity contribution in [2.24, 2.45) is 5.92 Å². The second kappa shape index (κ2) is 18.5. The van der Waals surface area contributed by atoms with E-state index in [4.69, 9.17) is 40.9 Å². The minimum atomic E-state index is -4.39. The first-order valence-electron chi connectivity index (χ1n) is 17.9. The molecule has 2 aliphatic rings. The third-order valence-corrected chi connectivity index (χ3v) is 10.2. The Bertz CT molecular complexity index is 1950. The molecule has 11 N–H and O–H groups in total. The van der Waals surface area contributed by atoms with Gasteiger partial charge in [0.15, 0.2) is 11.2 Å². The summed E-state index contributed by atoms with van der Waals surface area (Å²) in [5.74, 6) is -10.2. The van der Waals surface area contributed by atoms with Crippen LogP contribution in [-0.2, 0) is 52.5 Å². The lowest BCUT2D eigenvalue weighted by Gasteiger charge is -2.51. The quantitative estimate of drug-likeness (QED) is 0.118. The Balaban J connectivity index is 0.000000297. The van der Waals surface area contributed by atoms with Gasteiger partial charge in [0.05, 0.1) is 42.4 Å². The number of carboxylic acids is 6. The van der Waals surface area contributed by atoms with Gasteiger partial charge in [-0.1, -0.05) is 30.3 Å². The number of hydrogen-bond acceptors (Lipinski definition) is 11. The van der Waals surface area contributed by atoms with Crippen LogP contribution in [0, 0.1) is 5.92 Å². The fourth-order valence-corrected chi connectivity index (χ4v) is 7.48. The zero-order valence-electron chi connectivity index (χ0n) is 31.8. The molecule has 0 saturated heterocycles. The summed E-state index contributed by atoms with van der Waals surface area (Å²) in [5, 5.41) is 84.5. The molecule has 324 valence electrons. The first kappa shape index (κ1) is 47.8. The molecule has 2 aromatic carbocycles. The fraction of sp³-hybridized carbons (Fsp3) is 0.474. The van der Waals surface area contributed by atoms with E-state index in [1.165, 1.54) is 28.8 Å². The van der Waals surface area contributed by atoms with Crippen molar-refractivity contribution in [1.82, 2.24) is 15.2 Å². The number of aromatic nitrogens is 1. The van der Waals surface area contributed by atoms with Crippen LogP contribution in [0.3, 0.4) is 0 Å². The van der Waals surface area contributed by atoms with Crippen molar-refractivity contribution in [3.05, 3.63) is 70.9 Å². The van der Waals surface area contributed by atoms with Gasteiger partial charge in [0.2, 0.25) is 0 Å². The van der Waals surface area contributed by atoms with Gasteiger partial charge in [-0.3, -0.25) is 19.2 Å². The maximum Gasteiger partial charge on any atom is 0.416 e. The van der Waals surface area contributed by atoms with E-state index in [0.717, 1.165) is 30.6 Å². The number of nitrogens with zero attached hydrogens (tertiary/aromatic N) is 1. The normalized spacial score (nSPS) is 20.4. The van der Waals surface area contributed by atoms with Crippen molar-refractivity contribution < 1.29 is 87.9 Å². The summed E-state index contributed by atoms with van der Waals surface area (Å²) in [4.78, 5) is 66.7. The number of halogens is 3. The standard InChI is InChI=1S/C26H30F3N3O.2C6H8O7/c1-32(2)16-19-15-24(23-21(11-14-30-24)20-5-3-4-6-22(20)31-23)12-13-25(19,33)17-7-9-18(10-8-17)26(27,28)29;2*7-3(8)1-6(13,5(11)12)2-4(9)10/h3-10,19,30-31,33H,11-16H2,1-2H3;2*13H,1-2H2,(H,7,8)(H,9,10)(H,11,12). The second-order valence-electron chi connectivity index (χ2n) is 14.9. The summed E-state index contributed by atoms with van der Waals surface area (Å²) in [6.45, 7) is 1.50. The number of para-hydroxylation sites is 1. The molecule has 3 aromatic rings. The summed E-state index contributed by atoms with van der Waals surface area (Å²) in [6.07, 6.45) is -6.15. The average Bonchev–Trinajstić information content (AvgIpc) is 3.49. The number of benzene rings is 2. The number of carbonyl (C=O) groups is 6. The van der Waals surface area contributed by atoms with Gasteiger partial charge in [0.1, 0.15) is 0 Å². The topological polar surface area (TPSA) is 316 Å². The van der Waals surface area contributed by atoms with Gasteiger partial charge < -0.3 is 61.2 Å². The van der Waals surface area contributed by atoms with E-state index in [0.29, 0.717) is 31.4 Å². The predicted octanol–water partition coefficient (Wildman–Crippen LogP) is 2.28. The molecule has 18 nitrogen and oxygen atoms in total. The van der Waals surface area contributed by atoms with Crippen molar-refractivity contribution in [3.8, 4) is 0 Å². The summed E-state index contributed by atoms with van der Waals surface area (Å²) < 4.78 is 39.3. The van der Waals surface area contributed by atoms with Gasteiger partial charge in [-0.15, -0.1) is 0 Å². The third-order valence-electron chi connectivity index (χ3n) is 10.2. The van der Waals surface area contributed by atoms with Crippen LogP contribution in [-0.4, -0.2) is 130 Å². The molecule has 0 bridgehead atoms. The van der Waals surface area contributed by atoms with Gasteiger partial charge >= 0.3 is 42.0 Å². The maximum absolute atomic E-state index is 13.1. The number of hydrogen-bond donors (Lipinski definition) is 11. The molecule has 1 spiro atoms. The summed E-state index contributed by atoms with van der Waals surface area (Å²) in [5.41, 5.74) is -3.42. The molecule has 0 radical (unpaired) electrons. The number of aliphatic hydroxyl groups is 3. The molecule has 1 saturated carbocycles. The zero-order chi connectivity index (χ0) is 44.7. The van der Waals surface area contributed by atoms with Gasteiger partial charge in [-0.2, -0.15) is 13.2 Å². The van der Waals surface area contributed by atoms with Crippen LogP contribution in [0.15, 0.2) is 48.5 Å². The molecule has 5 rings (SSSR count). The minimum Gasteiger partial charge on any atom is -0.481 e. The Morgan fingerprint density at radius 2 is 1.22 bits per heavy atom.